The number of carbonyl (C=O) groups excluding carboxylic acids is 1. The summed E-state index contributed by atoms with van der Waals surface area (Å²) in [5, 5.41) is 3.59. The molecule has 0 fully saturated rings. The van der Waals surface area contributed by atoms with Crippen LogP contribution in [0.2, 0.25) is 5.02 Å². The van der Waals surface area contributed by atoms with Gasteiger partial charge in [-0.05, 0) is 42.0 Å². The number of nitrogens with zero attached hydrogens (tertiary/aromatic N) is 4. The molecule has 0 saturated carbocycles. The van der Waals surface area contributed by atoms with Crippen LogP contribution in [0, 0.1) is 5.92 Å². The van der Waals surface area contributed by atoms with E-state index >= 15 is 0 Å². The van der Waals surface area contributed by atoms with Crippen molar-refractivity contribution in [3.05, 3.63) is 98.3 Å². The molecule has 4 rings (SSSR count). The first kappa shape index (κ1) is 27.4. The maximum Gasteiger partial charge on any atom is 0.354 e. The maximum absolute atomic E-state index is 13.5. The summed E-state index contributed by atoms with van der Waals surface area (Å²) in [5.74, 6) is 0.0606. The topological polar surface area (TPSA) is 127 Å². The molecule has 4 aromatic rings. The van der Waals surface area contributed by atoms with E-state index in [4.69, 9.17) is 25.8 Å². The minimum absolute atomic E-state index is 0.0325. The Labute approximate surface area is 228 Å². The van der Waals surface area contributed by atoms with Crippen molar-refractivity contribution in [2.75, 3.05) is 19.5 Å². The van der Waals surface area contributed by atoms with Gasteiger partial charge >= 0.3 is 17.3 Å². The van der Waals surface area contributed by atoms with Crippen molar-refractivity contribution >= 4 is 29.2 Å². The van der Waals surface area contributed by atoms with Crippen LogP contribution in [0.3, 0.4) is 0 Å². The molecule has 12 heteroatoms. The first-order chi connectivity index (χ1) is 18.8. The Hall–Kier alpha value is -4.64. The smallest absolute Gasteiger partial charge is 0.354 e. The van der Waals surface area contributed by atoms with Crippen LogP contribution in [-0.4, -0.2) is 39.3 Å². The lowest BCUT2D eigenvalue weighted by molar-refractivity contribution is -0.145. The zero-order valence-corrected chi connectivity index (χ0v) is 22.2. The molecule has 2 aromatic heterocycles. The molecule has 202 valence electrons. The molecular weight excluding hydrogens is 526 g/mol. The molecule has 0 bridgehead atoms. The SMILES string of the molecule is COC(=O)[C@@H](C)Cn1c(=O)nc(Nc2ccc(Oc3cccc(OC)n3)cc2)n(Cc2ccc(Cl)cc2)c1=O. The molecular formula is C27H26ClN5O6. The summed E-state index contributed by atoms with van der Waals surface area (Å²) in [4.78, 5) is 46.6. The van der Waals surface area contributed by atoms with E-state index in [0.29, 0.717) is 28.2 Å². The summed E-state index contributed by atoms with van der Waals surface area (Å²) in [6, 6.07) is 18.9. The number of nitrogens with one attached hydrogen (secondary N) is 1. The highest BCUT2D eigenvalue weighted by atomic mass is 35.5. The van der Waals surface area contributed by atoms with E-state index in [2.05, 4.69) is 15.3 Å². The Bertz CT molecular complexity index is 1570. The van der Waals surface area contributed by atoms with Gasteiger partial charge in [0.25, 0.3) is 0 Å². The van der Waals surface area contributed by atoms with E-state index in [9.17, 15) is 14.4 Å². The molecule has 0 aliphatic heterocycles. The first-order valence-electron chi connectivity index (χ1n) is 11.9. The van der Waals surface area contributed by atoms with Gasteiger partial charge in [-0.1, -0.05) is 36.7 Å². The van der Waals surface area contributed by atoms with Gasteiger partial charge in [-0.15, -0.1) is 0 Å². The van der Waals surface area contributed by atoms with E-state index in [0.717, 1.165) is 10.1 Å². The zero-order valence-electron chi connectivity index (χ0n) is 21.5. The Kier molecular flexibility index (Phi) is 8.62. The number of methoxy groups -OCH3 is 2. The van der Waals surface area contributed by atoms with Crippen LogP contribution in [-0.2, 0) is 22.6 Å². The average molecular weight is 552 g/mol. The summed E-state index contributed by atoms with van der Waals surface area (Å²) in [6.07, 6.45) is 0. The lowest BCUT2D eigenvalue weighted by Gasteiger charge is -2.17. The number of benzene rings is 2. The van der Waals surface area contributed by atoms with Crippen LogP contribution in [0.25, 0.3) is 0 Å². The van der Waals surface area contributed by atoms with Crippen molar-refractivity contribution in [1.29, 1.82) is 0 Å². The third kappa shape index (κ3) is 6.82. The van der Waals surface area contributed by atoms with Gasteiger partial charge in [0.1, 0.15) is 5.75 Å². The monoisotopic (exact) mass is 551 g/mol. The highest BCUT2D eigenvalue weighted by Gasteiger charge is 2.20. The number of anilines is 2. The van der Waals surface area contributed by atoms with E-state index in [1.54, 1.807) is 73.7 Å². The van der Waals surface area contributed by atoms with Crippen molar-refractivity contribution in [2.24, 2.45) is 5.92 Å². The number of hydrogen-bond donors (Lipinski definition) is 1. The fourth-order valence-electron chi connectivity index (χ4n) is 3.67. The minimum atomic E-state index is -0.797. The molecule has 1 atom stereocenters. The number of hydrogen-bond acceptors (Lipinski definition) is 9. The predicted molar refractivity (Wildman–Crippen MR) is 145 cm³/mol. The summed E-state index contributed by atoms with van der Waals surface area (Å²) < 4.78 is 17.8. The average Bonchev–Trinajstić information content (AvgIpc) is 2.94. The molecule has 0 unspecified atom stereocenters. The van der Waals surface area contributed by atoms with Crippen molar-refractivity contribution < 1.29 is 19.0 Å². The molecule has 0 amide bonds. The molecule has 0 saturated heterocycles. The molecule has 39 heavy (non-hydrogen) atoms. The summed E-state index contributed by atoms with van der Waals surface area (Å²) in [5.41, 5.74) is -0.119. The zero-order chi connectivity index (χ0) is 27.9. The molecule has 0 aliphatic carbocycles. The second-order valence-corrected chi connectivity index (χ2v) is 8.95. The maximum atomic E-state index is 13.5. The van der Waals surface area contributed by atoms with Crippen molar-refractivity contribution in [3.8, 4) is 17.5 Å². The van der Waals surface area contributed by atoms with Crippen molar-refractivity contribution in [3.63, 3.8) is 0 Å². The molecule has 0 spiro atoms. The lowest BCUT2D eigenvalue weighted by atomic mass is 10.2. The van der Waals surface area contributed by atoms with Crippen LogP contribution in [0.15, 0.2) is 76.3 Å². The predicted octanol–water partition coefficient (Wildman–Crippen LogP) is 3.86. The summed E-state index contributed by atoms with van der Waals surface area (Å²) in [7, 11) is 2.76. The number of aromatic nitrogens is 4. The van der Waals surface area contributed by atoms with Crippen LogP contribution >= 0.6 is 11.6 Å². The molecule has 2 heterocycles. The number of rotatable bonds is 10. The number of ether oxygens (including phenoxy) is 3. The van der Waals surface area contributed by atoms with Gasteiger partial charge in [0, 0.05) is 29.4 Å². The fraction of sp³-hybridized carbons (Fsp3) is 0.222. The Balaban J connectivity index is 1.64. The van der Waals surface area contributed by atoms with E-state index in [-0.39, 0.29) is 19.0 Å². The molecule has 1 N–H and O–H groups in total. The van der Waals surface area contributed by atoms with Crippen molar-refractivity contribution in [2.45, 2.75) is 20.0 Å². The third-order valence-electron chi connectivity index (χ3n) is 5.70. The van der Waals surface area contributed by atoms with Gasteiger partial charge in [-0.2, -0.15) is 9.97 Å². The van der Waals surface area contributed by atoms with Crippen LogP contribution < -0.4 is 26.2 Å². The van der Waals surface area contributed by atoms with E-state index in [1.165, 1.54) is 18.8 Å². The molecule has 11 nitrogen and oxygen atoms in total. The number of carbonyl (C=O) groups is 1. The number of esters is 1. The second-order valence-electron chi connectivity index (χ2n) is 8.52. The van der Waals surface area contributed by atoms with Crippen LogP contribution in [0.4, 0.5) is 11.6 Å². The first-order valence-corrected chi connectivity index (χ1v) is 12.2. The number of pyridine rings is 1. The lowest BCUT2D eigenvalue weighted by Crippen LogP contribution is -2.44. The van der Waals surface area contributed by atoms with E-state index < -0.39 is 23.3 Å². The van der Waals surface area contributed by atoms with Gasteiger partial charge in [-0.3, -0.25) is 9.36 Å². The molecule has 2 aromatic carbocycles. The minimum Gasteiger partial charge on any atom is -0.481 e. The van der Waals surface area contributed by atoms with E-state index in [1.807, 2.05) is 0 Å². The Morgan fingerprint density at radius 1 is 0.949 bits per heavy atom. The van der Waals surface area contributed by atoms with Crippen LogP contribution in [0.1, 0.15) is 12.5 Å². The Morgan fingerprint density at radius 3 is 2.31 bits per heavy atom. The standard InChI is InChI=1S/C27H26ClN5O6/c1-17(24(34)38-3)15-33-26(35)31-25(32(27(33)36)16-18-7-9-19(28)10-8-18)29-20-11-13-21(14-12-20)39-23-6-4-5-22(30-23)37-2/h4-14,17H,15-16H2,1-3H3,(H,29,31,35)/t17-/m0/s1. The van der Waals surface area contributed by atoms with Crippen molar-refractivity contribution in [1.82, 2.24) is 19.1 Å². The Morgan fingerprint density at radius 2 is 1.64 bits per heavy atom. The van der Waals surface area contributed by atoms with Gasteiger partial charge in [0.05, 0.1) is 26.7 Å². The highest BCUT2D eigenvalue weighted by molar-refractivity contribution is 6.30. The van der Waals surface area contributed by atoms with Crippen LogP contribution in [0.5, 0.6) is 17.5 Å². The highest BCUT2D eigenvalue weighted by Crippen LogP contribution is 2.24. The third-order valence-corrected chi connectivity index (χ3v) is 5.96. The summed E-state index contributed by atoms with van der Waals surface area (Å²) >= 11 is 6.01. The van der Waals surface area contributed by atoms with Gasteiger partial charge in [-0.25, -0.2) is 14.2 Å². The quantitative estimate of drug-likeness (QED) is 0.292. The van der Waals surface area contributed by atoms with Gasteiger partial charge in [0.15, 0.2) is 0 Å². The second kappa shape index (κ2) is 12.3. The van der Waals surface area contributed by atoms with Gasteiger partial charge < -0.3 is 19.5 Å². The van der Waals surface area contributed by atoms with Gasteiger partial charge in [0.2, 0.25) is 17.7 Å². The molecule has 0 aliphatic rings. The number of halogens is 1. The normalized spacial score (nSPS) is 11.5. The summed E-state index contributed by atoms with van der Waals surface area (Å²) in [6.45, 7) is 1.49. The largest absolute Gasteiger partial charge is 0.481 e. The fourth-order valence-corrected chi connectivity index (χ4v) is 3.79. The molecule has 0 radical (unpaired) electrons.